The molecule has 0 radical (unpaired) electrons. The first-order valence-corrected chi connectivity index (χ1v) is 7.38. The molecule has 0 amide bonds. The molecule has 0 aromatic heterocycles. The molecule has 7 heteroatoms. The number of hydrogen-bond donors (Lipinski definition) is 1. The Morgan fingerprint density at radius 1 is 1.41 bits per heavy atom. The average molecular weight is 307 g/mol. The Kier molecular flexibility index (Phi) is 5.46. The molecule has 1 aliphatic heterocycles. The Bertz CT molecular complexity index is 554. The summed E-state index contributed by atoms with van der Waals surface area (Å²) in [5.41, 5.74) is 0.182. The molecular weight excluding hydrogens is 286 g/mol. The normalized spacial score (nSPS) is 15.8. The number of rotatable bonds is 6. The van der Waals surface area contributed by atoms with Gasteiger partial charge in [0.1, 0.15) is 0 Å². The highest BCUT2D eigenvalue weighted by atomic mass is 16.6. The van der Waals surface area contributed by atoms with Gasteiger partial charge in [0.15, 0.2) is 11.5 Å². The van der Waals surface area contributed by atoms with Crippen molar-refractivity contribution in [1.82, 2.24) is 10.2 Å². The van der Waals surface area contributed by atoms with Crippen LogP contribution in [0.25, 0.3) is 0 Å². The Morgan fingerprint density at radius 3 is 2.68 bits per heavy atom. The number of nitrogens with one attached hydrogen (secondary N) is 1. The quantitative estimate of drug-likeness (QED) is 0.487. The summed E-state index contributed by atoms with van der Waals surface area (Å²) < 4.78 is 5.42. The molecule has 0 spiro atoms. The number of carbonyl (C=O) groups is 1. The predicted octanol–water partition coefficient (Wildman–Crippen LogP) is 1.47. The summed E-state index contributed by atoms with van der Waals surface area (Å²) in [6, 6.07) is 4.40. The lowest BCUT2D eigenvalue weighted by Crippen LogP contribution is -2.45. The maximum atomic E-state index is 12.3. The molecule has 0 aliphatic carbocycles. The van der Waals surface area contributed by atoms with Crippen molar-refractivity contribution in [2.24, 2.45) is 0 Å². The van der Waals surface area contributed by atoms with Crippen molar-refractivity contribution in [2.45, 2.75) is 20.0 Å². The van der Waals surface area contributed by atoms with Crippen molar-refractivity contribution in [3.8, 4) is 5.75 Å². The van der Waals surface area contributed by atoms with E-state index >= 15 is 0 Å². The van der Waals surface area contributed by atoms with E-state index in [2.05, 4.69) is 5.32 Å². The molecule has 1 heterocycles. The zero-order chi connectivity index (χ0) is 16.1. The smallest absolute Gasteiger partial charge is 0.311 e. The van der Waals surface area contributed by atoms with E-state index in [1.54, 1.807) is 19.9 Å². The molecule has 0 saturated carbocycles. The van der Waals surface area contributed by atoms with Crippen LogP contribution in [-0.2, 0) is 0 Å². The van der Waals surface area contributed by atoms with E-state index in [1.165, 1.54) is 12.1 Å². The summed E-state index contributed by atoms with van der Waals surface area (Å²) in [6.45, 7) is 7.21. The minimum Gasteiger partial charge on any atom is -0.484 e. The van der Waals surface area contributed by atoms with Crippen LogP contribution < -0.4 is 10.1 Å². The summed E-state index contributed by atoms with van der Waals surface area (Å²) in [4.78, 5) is 25.0. The van der Waals surface area contributed by atoms with Gasteiger partial charge in [-0.05, 0) is 26.0 Å². The van der Waals surface area contributed by atoms with E-state index in [9.17, 15) is 14.9 Å². The molecule has 0 bridgehead atoms. The van der Waals surface area contributed by atoms with Crippen LogP contribution in [0.4, 0.5) is 5.69 Å². The van der Waals surface area contributed by atoms with Crippen molar-refractivity contribution in [2.75, 3.05) is 32.7 Å². The number of nitrogens with zero attached hydrogens (tertiary/aromatic N) is 2. The Morgan fingerprint density at radius 2 is 2.09 bits per heavy atom. The second-order valence-electron chi connectivity index (χ2n) is 5.56. The van der Waals surface area contributed by atoms with Gasteiger partial charge < -0.3 is 10.1 Å². The Labute approximate surface area is 129 Å². The Hall–Kier alpha value is -1.99. The first-order chi connectivity index (χ1) is 10.5. The molecule has 0 unspecified atom stereocenters. The van der Waals surface area contributed by atoms with Crippen LogP contribution in [0.3, 0.4) is 0 Å². The van der Waals surface area contributed by atoms with Crippen LogP contribution in [0.5, 0.6) is 5.75 Å². The zero-order valence-corrected chi connectivity index (χ0v) is 12.9. The fourth-order valence-corrected chi connectivity index (χ4v) is 2.35. The van der Waals surface area contributed by atoms with Crippen molar-refractivity contribution in [1.29, 1.82) is 0 Å². The van der Waals surface area contributed by atoms with Gasteiger partial charge in [0.25, 0.3) is 0 Å². The number of nitro benzene ring substituents is 1. The van der Waals surface area contributed by atoms with Crippen LogP contribution in [0, 0.1) is 10.1 Å². The van der Waals surface area contributed by atoms with Crippen LogP contribution in [0.15, 0.2) is 18.2 Å². The standard InChI is InChI=1S/C15H21N3O4/c1-11(2)22-15-4-3-12(9-13(15)18(20)21)14(19)10-17-7-5-16-6-8-17/h3-4,9,11,16H,5-8,10H2,1-2H3. The number of carbonyl (C=O) groups excluding carboxylic acids is 1. The molecule has 1 aliphatic rings. The summed E-state index contributed by atoms with van der Waals surface area (Å²) in [6.07, 6.45) is -0.166. The van der Waals surface area contributed by atoms with E-state index in [0.29, 0.717) is 5.56 Å². The predicted molar refractivity (Wildman–Crippen MR) is 82.5 cm³/mol. The maximum absolute atomic E-state index is 12.3. The third-order valence-electron chi connectivity index (χ3n) is 3.42. The van der Waals surface area contributed by atoms with Gasteiger partial charge in [0.2, 0.25) is 0 Å². The molecular formula is C15H21N3O4. The van der Waals surface area contributed by atoms with E-state index in [1.807, 2.05) is 4.90 Å². The van der Waals surface area contributed by atoms with Gasteiger partial charge in [0.05, 0.1) is 17.6 Å². The molecule has 22 heavy (non-hydrogen) atoms. The highest BCUT2D eigenvalue weighted by Crippen LogP contribution is 2.29. The fraction of sp³-hybridized carbons (Fsp3) is 0.533. The number of ketones is 1. The van der Waals surface area contributed by atoms with Crippen molar-refractivity contribution >= 4 is 11.5 Å². The summed E-state index contributed by atoms with van der Waals surface area (Å²) in [7, 11) is 0. The van der Waals surface area contributed by atoms with Gasteiger partial charge >= 0.3 is 5.69 Å². The Balaban J connectivity index is 2.14. The number of ether oxygens (including phenoxy) is 1. The van der Waals surface area contributed by atoms with Crippen molar-refractivity contribution < 1.29 is 14.5 Å². The van der Waals surface area contributed by atoms with Gasteiger partial charge in [-0.3, -0.25) is 19.8 Å². The molecule has 0 atom stereocenters. The van der Waals surface area contributed by atoms with E-state index in [4.69, 9.17) is 4.74 Å². The van der Waals surface area contributed by atoms with Crippen LogP contribution >= 0.6 is 0 Å². The lowest BCUT2D eigenvalue weighted by Gasteiger charge is -2.26. The monoisotopic (exact) mass is 307 g/mol. The molecule has 1 fully saturated rings. The molecule has 2 rings (SSSR count). The third-order valence-corrected chi connectivity index (χ3v) is 3.42. The van der Waals surface area contributed by atoms with Crippen LogP contribution in [-0.4, -0.2) is 54.4 Å². The molecule has 1 N–H and O–H groups in total. The molecule has 1 aromatic rings. The van der Waals surface area contributed by atoms with Gasteiger partial charge in [0, 0.05) is 37.8 Å². The molecule has 1 saturated heterocycles. The maximum Gasteiger partial charge on any atom is 0.311 e. The topological polar surface area (TPSA) is 84.7 Å². The number of hydrogen-bond acceptors (Lipinski definition) is 6. The van der Waals surface area contributed by atoms with E-state index in [-0.39, 0.29) is 29.9 Å². The van der Waals surface area contributed by atoms with Gasteiger partial charge in [-0.15, -0.1) is 0 Å². The second-order valence-corrected chi connectivity index (χ2v) is 5.56. The summed E-state index contributed by atoms with van der Waals surface area (Å²) >= 11 is 0. The summed E-state index contributed by atoms with van der Waals surface area (Å²) in [5, 5.41) is 14.4. The highest BCUT2D eigenvalue weighted by molar-refractivity contribution is 5.98. The lowest BCUT2D eigenvalue weighted by atomic mass is 10.1. The molecule has 7 nitrogen and oxygen atoms in total. The van der Waals surface area contributed by atoms with Crippen LogP contribution in [0.2, 0.25) is 0 Å². The van der Waals surface area contributed by atoms with Gasteiger partial charge in [-0.25, -0.2) is 0 Å². The zero-order valence-electron chi connectivity index (χ0n) is 12.9. The van der Waals surface area contributed by atoms with Crippen LogP contribution in [0.1, 0.15) is 24.2 Å². The summed E-state index contributed by atoms with van der Waals surface area (Å²) in [5.74, 6) is 0.0832. The number of nitro groups is 1. The number of Topliss-reactive ketones (excluding diaryl/α,β-unsaturated/α-hetero) is 1. The number of piperazine rings is 1. The molecule has 1 aromatic carbocycles. The first kappa shape index (κ1) is 16.4. The van der Waals surface area contributed by atoms with Gasteiger partial charge in [-0.2, -0.15) is 0 Å². The van der Waals surface area contributed by atoms with E-state index in [0.717, 1.165) is 26.2 Å². The second kappa shape index (κ2) is 7.33. The highest BCUT2D eigenvalue weighted by Gasteiger charge is 2.21. The average Bonchev–Trinajstić information content (AvgIpc) is 2.47. The minimum absolute atomic E-state index is 0.110. The fourth-order valence-electron chi connectivity index (χ4n) is 2.35. The first-order valence-electron chi connectivity index (χ1n) is 7.38. The van der Waals surface area contributed by atoms with Crippen molar-refractivity contribution in [3.63, 3.8) is 0 Å². The van der Waals surface area contributed by atoms with Gasteiger partial charge in [-0.1, -0.05) is 0 Å². The van der Waals surface area contributed by atoms with E-state index < -0.39 is 4.92 Å². The number of benzene rings is 1. The third kappa shape index (κ3) is 4.25. The largest absolute Gasteiger partial charge is 0.484 e. The minimum atomic E-state index is -0.515. The van der Waals surface area contributed by atoms with Crippen molar-refractivity contribution in [3.05, 3.63) is 33.9 Å². The lowest BCUT2D eigenvalue weighted by molar-refractivity contribution is -0.386. The molecule has 120 valence electrons. The SMILES string of the molecule is CC(C)Oc1ccc(C(=O)CN2CCNCC2)cc1[N+](=O)[O-].